The van der Waals surface area contributed by atoms with Crippen molar-refractivity contribution in [2.24, 2.45) is 11.1 Å². The molecule has 1 heterocycles. The summed E-state index contributed by atoms with van der Waals surface area (Å²) in [6.45, 7) is 11.4. The second-order valence-corrected chi connectivity index (χ2v) is 6.70. The average Bonchev–Trinajstić information content (AvgIpc) is 2.27. The van der Waals surface area contributed by atoms with E-state index in [1.54, 1.807) is 0 Å². The normalized spacial score (nSPS) is 29.2. The fourth-order valence-electron chi connectivity index (χ4n) is 2.36. The number of carbonyl (C=O) groups is 1. The highest BCUT2D eigenvalue weighted by Crippen LogP contribution is 2.35. The van der Waals surface area contributed by atoms with Gasteiger partial charge in [-0.25, -0.2) is 4.79 Å². The minimum Gasteiger partial charge on any atom is -0.444 e. The first-order valence-electron chi connectivity index (χ1n) is 6.90. The Hall–Kier alpha value is -0.770. The van der Waals surface area contributed by atoms with Crippen LogP contribution in [-0.4, -0.2) is 35.7 Å². The molecule has 0 aromatic carbocycles. The largest absolute Gasteiger partial charge is 0.444 e. The molecule has 0 bridgehead atoms. The molecule has 0 aromatic heterocycles. The first kappa shape index (κ1) is 15.3. The number of nitrogens with zero attached hydrogens (tertiary/aromatic N) is 1. The molecule has 1 saturated heterocycles. The predicted molar refractivity (Wildman–Crippen MR) is 73.4 cm³/mol. The lowest BCUT2D eigenvalue weighted by Gasteiger charge is -2.44. The standard InChI is InChI=1S/C14H28N2O2/c1-6-14(5)8-7-11(9-15)16(10-14)12(17)18-13(2,3)4/h11H,6-10,15H2,1-5H3/t11-,14-/m1/s1. The third kappa shape index (κ3) is 3.87. The molecule has 0 spiro atoms. The summed E-state index contributed by atoms with van der Waals surface area (Å²) >= 11 is 0. The third-order valence-electron chi connectivity index (χ3n) is 3.83. The maximum atomic E-state index is 12.2. The minimum atomic E-state index is -0.448. The van der Waals surface area contributed by atoms with Crippen LogP contribution in [0.5, 0.6) is 0 Å². The third-order valence-corrected chi connectivity index (χ3v) is 3.83. The maximum Gasteiger partial charge on any atom is 0.410 e. The van der Waals surface area contributed by atoms with Crippen LogP contribution in [0.4, 0.5) is 4.79 Å². The van der Waals surface area contributed by atoms with Crippen molar-refractivity contribution in [3.63, 3.8) is 0 Å². The van der Waals surface area contributed by atoms with Gasteiger partial charge in [-0.15, -0.1) is 0 Å². The van der Waals surface area contributed by atoms with E-state index in [9.17, 15) is 4.79 Å². The van der Waals surface area contributed by atoms with Gasteiger partial charge in [0.2, 0.25) is 0 Å². The van der Waals surface area contributed by atoms with Gasteiger partial charge >= 0.3 is 6.09 Å². The summed E-state index contributed by atoms with van der Waals surface area (Å²) in [5.41, 5.74) is 5.52. The Bertz CT molecular complexity index is 299. The Morgan fingerprint density at radius 2 is 2.11 bits per heavy atom. The number of hydrogen-bond acceptors (Lipinski definition) is 3. The van der Waals surface area contributed by atoms with Gasteiger partial charge in [0, 0.05) is 19.1 Å². The van der Waals surface area contributed by atoms with Gasteiger partial charge in [0.05, 0.1) is 0 Å². The first-order valence-corrected chi connectivity index (χ1v) is 6.90. The van der Waals surface area contributed by atoms with Crippen LogP contribution in [-0.2, 0) is 4.74 Å². The molecule has 4 nitrogen and oxygen atoms in total. The van der Waals surface area contributed by atoms with E-state index in [0.717, 1.165) is 25.8 Å². The molecule has 18 heavy (non-hydrogen) atoms. The summed E-state index contributed by atoms with van der Waals surface area (Å²) in [4.78, 5) is 14.1. The average molecular weight is 256 g/mol. The predicted octanol–water partition coefficient (Wildman–Crippen LogP) is 2.76. The van der Waals surface area contributed by atoms with Gasteiger partial charge in [-0.1, -0.05) is 13.8 Å². The van der Waals surface area contributed by atoms with Crippen LogP contribution in [0.15, 0.2) is 0 Å². The van der Waals surface area contributed by atoms with Crippen LogP contribution in [0.2, 0.25) is 0 Å². The zero-order chi connectivity index (χ0) is 14.0. The zero-order valence-corrected chi connectivity index (χ0v) is 12.5. The van der Waals surface area contributed by atoms with E-state index in [2.05, 4.69) is 13.8 Å². The highest BCUT2D eigenvalue weighted by atomic mass is 16.6. The van der Waals surface area contributed by atoms with Crippen LogP contribution in [0.1, 0.15) is 53.9 Å². The van der Waals surface area contributed by atoms with Gasteiger partial charge in [-0.2, -0.15) is 0 Å². The van der Waals surface area contributed by atoms with Crippen molar-refractivity contribution in [2.45, 2.75) is 65.5 Å². The molecule has 2 atom stereocenters. The van der Waals surface area contributed by atoms with Crippen molar-refractivity contribution < 1.29 is 9.53 Å². The lowest BCUT2D eigenvalue weighted by atomic mass is 9.77. The summed E-state index contributed by atoms with van der Waals surface area (Å²) < 4.78 is 5.48. The van der Waals surface area contributed by atoms with Crippen LogP contribution in [0, 0.1) is 5.41 Å². The molecule has 1 aliphatic rings. The number of hydrogen-bond donors (Lipinski definition) is 1. The quantitative estimate of drug-likeness (QED) is 0.826. The Labute approximate surface area is 111 Å². The molecule has 2 N–H and O–H groups in total. The Morgan fingerprint density at radius 1 is 1.50 bits per heavy atom. The lowest BCUT2D eigenvalue weighted by molar-refractivity contribution is -0.00952. The van der Waals surface area contributed by atoms with Crippen molar-refractivity contribution in [1.29, 1.82) is 0 Å². The van der Waals surface area contributed by atoms with Crippen molar-refractivity contribution in [3.05, 3.63) is 0 Å². The van der Waals surface area contributed by atoms with E-state index < -0.39 is 5.60 Å². The zero-order valence-electron chi connectivity index (χ0n) is 12.5. The Morgan fingerprint density at radius 3 is 2.56 bits per heavy atom. The SMILES string of the molecule is CC[C@]1(C)CC[C@H](CN)N(C(=O)OC(C)(C)C)C1. The van der Waals surface area contributed by atoms with E-state index in [-0.39, 0.29) is 17.6 Å². The van der Waals surface area contributed by atoms with E-state index in [1.165, 1.54) is 0 Å². The minimum absolute atomic E-state index is 0.125. The number of likely N-dealkylation sites (tertiary alicyclic amines) is 1. The number of nitrogens with two attached hydrogens (primary N) is 1. The van der Waals surface area contributed by atoms with Crippen molar-refractivity contribution in [1.82, 2.24) is 4.90 Å². The van der Waals surface area contributed by atoms with Crippen molar-refractivity contribution in [2.75, 3.05) is 13.1 Å². The molecule has 0 saturated carbocycles. The second kappa shape index (κ2) is 5.47. The highest BCUT2D eigenvalue weighted by Gasteiger charge is 2.38. The molecule has 4 heteroatoms. The number of carbonyl (C=O) groups excluding carboxylic acids is 1. The molecular weight excluding hydrogens is 228 g/mol. The number of ether oxygens (including phenoxy) is 1. The number of piperidine rings is 1. The molecule has 0 aliphatic carbocycles. The van der Waals surface area contributed by atoms with Crippen LogP contribution >= 0.6 is 0 Å². The van der Waals surface area contributed by atoms with Crippen LogP contribution in [0.25, 0.3) is 0 Å². The molecule has 0 radical (unpaired) electrons. The molecular formula is C14H28N2O2. The smallest absolute Gasteiger partial charge is 0.410 e. The Balaban J connectivity index is 2.77. The fourth-order valence-corrected chi connectivity index (χ4v) is 2.36. The lowest BCUT2D eigenvalue weighted by Crippen LogP contribution is -2.54. The van der Waals surface area contributed by atoms with Crippen LogP contribution < -0.4 is 5.73 Å². The van der Waals surface area contributed by atoms with E-state index in [1.807, 2.05) is 25.7 Å². The molecule has 1 aliphatic heterocycles. The summed E-state index contributed by atoms with van der Waals surface area (Å²) in [7, 11) is 0. The van der Waals surface area contributed by atoms with Gasteiger partial charge in [-0.05, 0) is 45.4 Å². The summed E-state index contributed by atoms with van der Waals surface area (Å²) in [5, 5.41) is 0. The number of rotatable bonds is 2. The highest BCUT2D eigenvalue weighted by molar-refractivity contribution is 5.68. The molecule has 1 fully saturated rings. The van der Waals surface area contributed by atoms with E-state index in [0.29, 0.717) is 6.54 Å². The summed E-state index contributed by atoms with van der Waals surface area (Å²) in [5.74, 6) is 0. The fraction of sp³-hybridized carbons (Fsp3) is 0.929. The van der Waals surface area contributed by atoms with E-state index in [4.69, 9.17) is 10.5 Å². The second-order valence-electron chi connectivity index (χ2n) is 6.70. The van der Waals surface area contributed by atoms with E-state index >= 15 is 0 Å². The molecule has 1 rings (SSSR count). The monoisotopic (exact) mass is 256 g/mol. The first-order chi connectivity index (χ1) is 8.21. The molecule has 1 amide bonds. The molecule has 0 aromatic rings. The summed E-state index contributed by atoms with van der Waals surface area (Å²) in [6, 6.07) is 0.125. The molecule has 106 valence electrons. The van der Waals surface area contributed by atoms with Crippen molar-refractivity contribution in [3.8, 4) is 0 Å². The Kier molecular flexibility index (Phi) is 4.65. The topological polar surface area (TPSA) is 55.6 Å². The van der Waals surface area contributed by atoms with Gasteiger partial charge in [0.1, 0.15) is 5.60 Å². The van der Waals surface area contributed by atoms with Gasteiger partial charge in [-0.3, -0.25) is 0 Å². The maximum absolute atomic E-state index is 12.2. The number of amides is 1. The summed E-state index contributed by atoms with van der Waals surface area (Å²) in [6.07, 6.45) is 2.95. The van der Waals surface area contributed by atoms with Gasteiger partial charge < -0.3 is 15.4 Å². The molecule has 0 unspecified atom stereocenters. The van der Waals surface area contributed by atoms with Gasteiger partial charge in [0.15, 0.2) is 0 Å². The van der Waals surface area contributed by atoms with Gasteiger partial charge in [0.25, 0.3) is 0 Å². The van der Waals surface area contributed by atoms with Crippen LogP contribution in [0.3, 0.4) is 0 Å². The van der Waals surface area contributed by atoms with Crippen molar-refractivity contribution >= 4 is 6.09 Å².